The lowest BCUT2D eigenvalue weighted by molar-refractivity contribution is -0.120. The topological polar surface area (TPSA) is 100 Å². The summed E-state index contributed by atoms with van der Waals surface area (Å²) < 4.78 is 9.41. The van der Waals surface area contributed by atoms with Gasteiger partial charge in [-0.05, 0) is 6.07 Å². The zero-order valence-electron chi connectivity index (χ0n) is 16.8. The van der Waals surface area contributed by atoms with Crippen LogP contribution in [0.4, 0.5) is 0 Å². The molecule has 1 aromatic carbocycles. The van der Waals surface area contributed by atoms with Crippen LogP contribution >= 0.6 is 11.8 Å². The first-order valence-corrected chi connectivity index (χ1v) is 9.97. The summed E-state index contributed by atoms with van der Waals surface area (Å²) in [5, 5.41) is 3.46. The molecule has 0 aliphatic rings. The van der Waals surface area contributed by atoms with Crippen molar-refractivity contribution in [1.82, 2.24) is 24.0 Å². The van der Waals surface area contributed by atoms with E-state index in [1.54, 1.807) is 25.8 Å². The molecule has 0 saturated heterocycles. The van der Waals surface area contributed by atoms with Crippen molar-refractivity contribution < 1.29 is 9.53 Å². The lowest BCUT2D eigenvalue weighted by Gasteiger charge is -2.09. The highest BCUT2D eigenvalue weighted by molar-refractivity contribution is 7.99. The molecule has 0 spiro atoms. The van der Waals surface area contributed by atoms with Gasteiger partial charge in [0, 0.05) is 45.4 Å². The molecule has 9 nitrogen and oxygen atoms in total. The molecule has 29 heavy (non-hydrogen) atoms. The van der Waals surface area contributed by atoms with Crippen LogP contribution in [-0.4, -0.2) is 37.5 Å². The van der Waals surface area contributed by atoms with Crippen LogP contribution in [0.2, 0.25) is 0 Å². The second-order valence-electron chi connectivity index (χ2n) is 6.52. The van der Waals surface area contributed by atoms with Crippen molar-refractivity contribution in [1.29, 1.82) is 0 Å². The number of imidazole rings is 1. The number of methoxy groups -OCH3 is 1. The third-order valence-corrected chi connectivity index (χ3v) is 5.68. The number of benzene rings is 1. The van der Waals surface area contributed by atoms with Crippen molar-refractivity contribution in [2.75, 3.05) is 12.9 Å². The lowest BCUT2D eigenvalue weighted by atomic mass is 10.2. The fourth-order valence-electron chi connectivity index (χ4n) is 3.05. The second kappa shape index (κ2) is 8.56. The third-order valence-electron chi connectivity index (χ3n) is 4.65. The number of amides is 1. The number of nitrogens with zero attached hydrogens (tertiary/aromatic N) is 4. The van der Waals surface area contributed by atoms with E-state index in [0.29, 0.717) is 29.5 Å². The van der Waals surface area contributed by atoms with Crippen LogP contribution in [0.5, 0.6) is 5.75 Å². The van der Waals surface area contributed by atoms with Crippen LogP contribution < -0.4 is 21.3 Å². The van der Waals surface area contributed by atoms with Crippen LogP contribution in [-0.2, 0) is 32.5 Å². The number of carbonyl (C=O) groups is 1. The molecule has 0 bridgehead atoms. The maximum absolute atomic E-state index is 12.3. The third kappa shape index (κ3) is 4.07. The number of nitrogens with one attached hydrogen (secondary N) is 1. The van der Waals surface area contributed by atoms with Crippen LogP contribution in [0.15, 0.2) is 39.0 Å². The van der Waals surface area contributed by atoms with Gasteiger partial charge in [-0.2, -0.15) is 0 Å². The maximum Gasteiger partial charge on any atom is 0.332 e. The molecule has 3 aromatic rings. The minimum atomic E-state index is -0.430. The van der Waals surface area contributed by atoms with E-state index >= 15 is 0 Å². The Bertz CT molecular complexity index is 1180. The molecule has 0 radical (unpaired) electrons. The number of aromatic nitrogens is 4. The van der Waals surface area contributed by atoms with Gasteiger partial charge in [-0.15, -0.1) is 0 Å². The highest BCUT2D eigenvalue weighted by Gasteiger charge is 2.17. The van der Waals surface area contributed by atoms with Gasteiger partial charge >= 0.3 is 5.69 Å². The highest BCUT2D eigenvalue weighted by atomic mass is 32.2. The normalized spacial score (nSPS) is 11.0. The summed E-state index contributed by atoms with van der Waals surface area (Å²) in [6.45, 7) is 0.387. The minimum Gasteiger partial charge on any atom is -0.496 e. The summed E-state index contributed by atoms with van der Waals surface area (Å²) in [5.41, 5.74) is 0.766. The molecule has 0 atom stereocenters. The number of rotatable bonds is 7. The highest BCUT2D eigenvalue weighted by Crippen LogP contribution is 2.21. The summed E-state index contributed by atoms with van der Waals surface area (Å²) in [6.07, 6.45) is 0.292. The van der Waals surface area contributed by atoms with E-state index in [-0.39, 0.29) is 11.4 Å². The van der Waals surface area contributed by atoms with Crippen molar-refractivity contribution in [3.05, 3.63) is 50.7 Å². The van der Waals surface area contributed by atoms with Gasteiger partial charge in [0.25, 0.3) is 5.56 Å². The molecule has 1 N–H and O–H groups in total. The molecule has 0 aliphatic carbocycles. The molecule has 3 rings (SSSR count). The van der Waals surface area contributed by atoms with Gasteiger partial charge in [0.15, 0.2) is 16.3 Å². The predicted molar refractivity (Wildman–Crippen MR) is 111 cm³/mol. The number of hydrogen-bond acceptors (Lipinski definition) is 6. The molecule has 2 aromatic heterocycles. The molecule has 1 amide bonds. The number of aryl methyl sites for hydroxylation is 2. The smallest absolute Gasteiger partial charge is 0.332 e. The molecular formula is C19H23N5O4S. The van der Waals surface area contributed by atoms with E-state index in [9.17, 15) is 14.4 Å². The number of hydrogen-bond donors (Lipinski definition) is 1. The van der Waals surface area contributed by atoms with E-state index in [1.165, 1.54) is 23.4 Å². The average molecular weight is 417 g/mol. The van der Waals surface area contributed by atoms with E-state index < -0.39 is 11.2 Å². The van der Waals surface area contributed by atoms with Crippen LogP contribution in [0.25, 0.3) is 11.2 Å². The number of para-hydroxylation sites is 1. The Morgan fingerprint density at radius 2 is 1.86 bits per heavy atom. The summed E-state index contributed by atoms with van der Waals surface area (Å²) in [5.74, 6) is 1.13. The zero-order chi connectivity index (χ0) is 21.1. The lowest BCUT2D eigenvalue weighted by Crippen LogP contribution is -2.37. The summed E-state index contributed by atoms with van der Waals surface area (Å²) in [6, 6.07) is 7.52. The molecular weight excluding hydrogens is 394 g/mol. The number of ether oxygens (including phenoxy) is 1. The predicted octanol–water partition coefficient (Wildman–Crippen LogP) is 0.778. The molecule has 2 heterocycles. The molecule has 10 heteroatoms. The Morgan fingerprint density at radius 3 is 2.59 bits per heavy atom. The Balaban J connectivity index is 1.64. The maximum atomic E-state index is 12.3. The van der Waals surface area contributed by atoms with E-state index in [2.05, 4.69) is 10.3 Å². The van der Waals surface area contributed by atoms with Gasteiger partial charge < -0.3 is 14.6 Å². The molecule has 0 saturated carbocycles. The van der Waals surface area contributed by atoms with Gasteiger partial charge in [0.2, 0.25) is 5.91 Å². The van der Waals surface area contributed by atoms with E-state index in [1.807, 2.05) is 24.3 Å². The van der Waals surface area contributed by atoms with Crippen molar-refractivity contribution >= 4 is 28.8 Å². The van der Waals surface area contributed by atoms with Gasteiger partial charge in [0.05, 0.1) is 7.11 Å². The molecule has 0 aliphatic heterocycles. The van der Waals surface area contributed by atoms with Crippen LogP contribution in [0.3, 0.4) is 0 Å². The number of fused-ring (bicyclic) bond motifs is 1. The van der Waals surface area contributed by atoms with Crippen LogP contribution in [0, 0.1) is 0 Å². The Labute approximate surface area is 171 Å². The fraction of sp³-hybridized carbons (Fsp3) is 0.368. The van der Waals surface area contributed by atoms with Crippen molar-refractivity contribution in [2.45, 2.75) is 18.1 Å². The first kappa shape index (κ1) is 20.7. The van der Waals surface area contributed by atoms with Crippen molar-refractivity contribution in [3.63, 3.8) is 0 Å². The van der Waals surface area contributed by atoms with Crippen molar-refractivity contribution in [2.24, 2.45) is 21.1 Å². The first-order valence-electron chi connectivity index (χ1n) is 8.99. The summed E-state index contributed by atoms with van der Waals surface area (Å²) >= 11 is 1.36. The quantitative estimate of drug-likeness (QED) is 0.570. The van der Waals surface area contributed by atoms with Crippen molar-refractivity contribution in [3.8, 4) is 5.75 Å². The SMILES string of the molecule is COc1ccccc1CNC(=O)CCSc1nc2c(=O)n(C)c(=O)n(C)c2n1C. The van der Waals surface area contributed by atoms with Gasteiger partial charge in [-0.25, -0.2) is 9.78 Å². The number of carbonyl (C=O) groups excluding carboxylic acids is 1. The first-order chi connectivity index (χ1) is 13.8. The Kier molecular flexibility index (Phi) is 6.12. The van der Waals surface area contributed by atoms with E-state index in [4.69, 9.17) is 4.74 Å². The van der Waals surface area contributed by atoms with Gasteiger partial charge in [-0.3, -0.25) is 18.7 Å². The summed E-state index contributed by atoms with van der Waals surface area (Å²) in [7, 11) is 6.37. The number of thioether (sulfide) groups is 1. The summed E-state index contributed by atoms with van der Waals surface area (Å²) in [4.78, 5) is 41.0. The van der Waals surface area contributed by atoms with Crippen LogP contribution in [0.1, 0.15) is 12.0 Å². The average Bonchev–Trinajstić information content (AvgIpc) is 3.05. The molecule has 154 valence electrons. The monoisotopic (exact) mass is 417 g/mol. The molecule has 0 unspecified atom stereocenters. The zero-order valence-corrected chi connectivity index (χ0v) is 17.6. The largest absolute Gasteiger partial charge is 0.496 e. The molecule has 0 fully saturated rings. The van der Waals surface area contributed by atoms with E-state index in [0.717, 1.165) is 15.9 Å². The minimum absolute atomic E-state index is 0.0921. The second-order valence-corrected chi connectivity index (χ2v) is 7.58. The fourth-order valence-corrected chi connectivity index (χ4v) is 3.96. The van der Waals surface area contributed by atoms with Gasteiger partial charge in [-0.1, -0.05) is 30.0 Å². The Morgan fingerprint density at radius 1 is 1.14 bits per heavy atom. The standard InChI is InChI=1S/C19H23N5O4S/c1-22-16-15(17(26)24(3)19(27)23(16)2)21-18(22)29-10-9-14(25)20-11-12-7-5-6-8-13(12)28-4/h5-8H,9-11H2,1-4H3,(H,20,25). The Hall–Kier alpha value is -3.01. The van der Waals surface area contributed by atoms with Gasteiger partial charge in [0.1, 0.15) is 5.75 Å².